The average Bonchev–Trinajstić information content (AvgIpc) is 2.18. The molecule has 0 aromatic heterocycles. The summed E-state index contributed by atoms with van der Waals surface area (Å²) in [5, 5.41) is 0. The highest BCUT2D eigenvalue weighted by molar-refractivity contribution is 4.94. The van der Waals surface area contributed by atoms with Crippen LogP contribution in [0.25, 0.3) is 0 Å². The SMILES string of the molecule is CC1C2CCCC1(C)CC2. The van der Waals surface area contributed by atoms with Crippen LogP contribution in [-0.4, -0.2) is 0 Å². The van der Waals surface area contributed by atoms with Gasteiger partial charge in [0.2, 0.25) is 0 Å². The maximum absolute atomic E-state index is 2.50. The van der Waals surface area contributed by atoms with E-state index in [4.69, 9.17) is 0 Å². The average molecular weight is 138 g/mol. The predicted octanol–water partition coefficient (Wildman–Crippen LogP) is 3.22. The molecule has 3 unspecified atom stereocenters. The quantitative estimate of drug-likeness (QED) is 0.482. The Kier molecular flexibility index (Phi) is 1.33. The van der Waals surface area contributed by atoms with E-state index in [-0.39, 0.29) is 0 Å². The minimum atomic E-state index is 0.753. The number of hydrogen-bond donors (Lipinski definition) is 0. The van der Waals surface area contributed by atoms with E-state index in [1.165, 1.54) is 32.1 Å². The largest absolute Gasteiger partial charge is 0.0617 e. The van der Waals surface area contributed by atoms with Crippen molar-refractivity contribution in [2.45, 2.75) is 46.0 Å². The minimum absolute atomic E-state index is 0.753. The molecule has 0 heterocycles. The molecule has 2 saturated carbocycles. The monoisotopic (exact) mass is 138 g/mol. The van der Waals surface area contributed by atoms with Gasteiger partial charge in [0.15, 0.2) is 0 Å². The number of fused-ring (bicyclic) bond motifs is 2. The first kappa shape index (κ1) is 6.69. The van der Waals surface area contributed by atoms with Crippen LogP contribution in [-0.2, 0) is 0 Å². The van der Waals surface area contributed by atoms with Crippen LogP contribution in [0.15, 0.2) is 0 Å². The van der Waals surface area contributed by atoms with Crippen molar-refractivity contribution in [2.75, 3.05) is 0 Å². The van der Waals surface area contributed by atoms with Gasteiger partial charge >= 0.3 is 0 Å². The fourth-order valence-corrected chi connectivity index (χ4v) is 3.08. The summed E-state index contributed by atoms with van der Waals surface area (Å²) < 4.78 is 0. The molecule has 2 aliphatic carbocycles. The molecule has 2 fully saturated rings. The van der Waals surface area contributed by atoms with E-state index >= 15 is 0 Å². The first-order valence-corrected chi connectivity index (χ1v) is 4.72. The Morgan fingerprint density at radius 1 is 1.20 bits per heavy atom. The lowest BCUT2D eigenvalue weighted by Crippen LogP contribution is -2.26. The van der Waals surface area contributed by atoms with Gasteiger partial charge < -0.3 is 0 Å². The lowest BCUT2D eigenvalue weighted by atomic mass is 9.70. The lowest BCUT2D eigenvalue weighted by Gasteiger charge is -2.36. The molecular formula is C10H18. The van der Waals surface area contributed by atoms with Crippen LogP contribution >= 0.6 is 0 Å². The molecule has 10 heavy (non-hydrogen) atoms. The molecule has 3 atom stereocenters. The van der Waals surface area contributed by atoms with Crippen molar-refractivity contribution in [3.63, 3.8) is 0 Å². The molecule has 2 bridgehead atoms. The van der Waals surface area contributed by atoms with E-state index in [9.17, 15) is 0 Å². The third-order valence-electron chi connectivity index (χ3n) is 4.22. The number of hydrogen-bond acceptors (Lipinski definition) is 0. The van der Waals surface area contributed by atoms with E-state index in [1.54, 1.807) is 0 Å². The second-order valence-electron chi connectivity index (χ2n) is 4.63. The first-order chi connectivity index (χ1) is 4.72. The summed E-state index contributed by atoms with van der Waals surface area (Å²) in [5.41, 5.74) is 0.753. The Hall–Kier alpha value is 0. The molecule has 0 heteroatoms. The van der Waals surface area contributed by atoms with Crippen molar-refractivity contribution in [1.29, 1.82) is 0 Å². The fraction of sp³-hybridized carbons (Fsp3) is 1.00. The van der Waals surface area contributed by atoms with E-state index in [2.05, 4.69) is 13.8 Å². The Bertz CT molecular complexity index is 135. The molecule has 2 aliphatic rings. The summed E-state index contributed by atoms with van der Waals surface area (Å²) in [5.74, 6) is 2.12. The fourth-order valence-electron chi connectivity index (χ4n) is 3.08. The molecule has 0 nitrogen and oxygen atoms in total. The zero-order chi connectivity index (χ0) is 7.19. The molecule has 0 radical (unpaired) electrons. The molecule has 0 saturated heterocycles. The molecule has 58 valence electrons. The Balaban J connectivity index is 2.21. The van der Waals surface area contributed by atoms with Crippen LogP contribution in [0.2, 0.25) is 0 Å². The van der Waals surface area contributed by atoms with E-state index in [0.717, 1.165) is 17.3 Å². The summed E-state index contributed by atoms with van der Waals surface area (Å²) in [7, 11) is 0. The van der Waals surface area contributed by atoms with Gasteiger partial charge in [0.25, 0.3) is 0 Å². The van der Waals surface area contributed by atoms with Crippen LogP contribution in [0.1, 0.15) is 46.0 Å². The van der Waals surface area contributed by atoms with Gasteiger partial charge in [-0.1, -0.05) is 26.7 Å². The summed E-state index contributed by atoms with van der Waals surface area (Å²) >= 11 is 0. The van der Waals surface area contributed by atoms with Gasteiger partial charge in [-0.15, -0.1) is 0 Å². The molecule has 0 N–H and O–H groups in total. The summed E-state index contributed by atoms with van der Waals surface area (Å²) in [6.07, 6.45) is 7.57. The van der Waals surface area contributed by atoms with Gasteiger partial charge in [0.05, 0.1) is 0 Å². The highest BCUT2D eigenvalue weighted by Crippen LogP contribution is 2.54. The Labute approximate surface area is 64.0 Å². The third-order valence-corrected chi connectivity index (χ3v) is 4.22. The summed E-state index contributed by atoms with van der Waals surface area (Å²) in [4.78, 5) is 0. The Morgan fingerprint density at radius 2 is 2.00 bits per heavy atom. The zero-order valence-corrected chi connectivity index (χ0v) is 7.19. The summed E-state index contributed by atoms with van der Waals surface area (Å²) in [6.45, 7) is 4.97. The van der Waals surface area contributed by atoms with Crippen LogP contribution in [0, 0.1) is 17.3 Å². The van der Waals surface area contributed by atoms with Crippen molar-refractivity contribution in [2.24, 2.45) is 17.3 Å². The molecule has 0 aromatic carbocycles. The van der Waals surface area contributed by atoms with Gasteiger partial charge in [0.1, 0.15) is 0 Å². The van der Waals surface area contributed by atoms with Crippen molar-refractivity contribution in [3.05, 3.63) is 0 Å². The highest BCUT2D eigenvalue weighted by atomic mass is 14.5. The van der Waals surface area contributed by atoms with E-state index in [0.29, 0.717) is 0 Å². The van der Waals surface area contributed by atoms with Crippen LogP contribution in [0.3, 0.4) is 0 Å². The molecule has 0 spiro atoms. The molecule has 2 rings (SSSR count). The van der Waals surface area contributed by atoms with E-state index in [1.807, 2.05) is 0 Å². The molecule has 0 aliphatic heterocycles. The van der Waals surface area contributed by atoms with Gasteiger partial charge in [0, 0.05) is 0 Å². The van der Waals surface area contributed by atoms with E-state index < -0.39 is 0 Å². The zero-order valence-electron chi connectivity index (χ0n) is 7.19. The van der Waals surface area contributed by atoms with Gasteiger partial charge in [-0.05, 0) is 36.5 Å². The maximum Gasteiger partial charge on any atom is -0.0297 e. The second kappa shape index (κ2) is 1.99. The minimum Gasteiger partial charge on any atom is -0.0617 e. The standard InChI is InChI=1S/C10H18/c1-8-9-4-3-6-10(8,2)7-5-9/h8-9H,3-7H2,1-2H3. The normalized spacial score (nSPS) is 53.4. The van der Waals surface area contributed by atoms with Crippen LogP contribution in [0.4, 0.5) is 0 Å². The van der Waals surface area contributed by atoms with Gasteiger partial charge in [-0.25, -0.2) is 0 Å². The predicted molar refractivity (Wildman–Crippen MR) is 43.8 cm³/mol. The van der Waals surface area contributed by atoms with Crippen molar-refractivity contribution in [3.8, 4) is 0 Å². The number of rotatable bonds is 0. The van der Waals surface area contributed by atoms with Crippen LogP contribution in [0.5, 0.6) is 0 Å². The molecule has 0 aromatic rings. The third kappa shape index (κ3) is 0.741. The lowest BCUT2D eigenvalue weighted by molar-refractivity contribution is 0.144. The van der Waals surface area contributed by atoms with Crippen LogP contribution < -0.4 is 0 Å². The van der Waals surface area contributed by atoms with Gasteiger partial charge in [-0.2, -0.15) is 0 Å². The smallest absolute Gasteiger partial charge is 0.0297 e. The van der Waals surface area contributed by atoms with Crippen molar-refractivity contribution < 1.29 is 0 Å². The highest BCUT2D eigenvalue weighted by Gasteiger charge is 2.44. The Morgan fingerprint density at radius 3 is 2.60 bits per heavy atom. The molecule has 0 amide bonds. The van der Waals surface area contributed by atoms with Gasteiger partial charge in [-0.3, -0.25) is 0 Å². The second-order valence-corrected chi connectivity index (χ2v) is 4.63. The topological polar surface area (TPSA) is 0 Å². The molecular weight excluding hydrogens is 120 g/mol. The summed E-state index contributed by atoms with van der Waals surface area (Å²) in [6, 6.07) is 0. The van der Waals surface area contributed by atoms with Crippen molar-refractivity contribution >= 4 is 0 Å². The maximum atomic E-state index is 2.50. The first-order valence-electron chi connectivity index (χ1n) is 4.72. The van der Waals surface area contributed by atoms with Crippen molar-refractivity contribution in [1.82, 2.24) is 0 Å².